The van der Waals surface area contributed by atoms with E-state index >= 15 is 0 Å². The van der Waals surface area contributed by atoms with Gasteiger partial charge < -0.3 is 4.74 Å². The van der Waals surface area contributed by atoms with Crippen molar-refractivity contribution >= 4 is 16.3 Å². The number of ether oxygens (including phenoxy) is 1. The maximum absolute atomic E-state index is 12.6. The van der Waals surface area contributed by atoms with Crippen LogP contribution in [0.3, 0.4) is 0 Å². The molecule has 0 spiro atoms. The van der Waals surface area contributed by atoms with Crippen LogP contribution in [0.4, 0.5) is 0 Å². The molecular formula is C15H20O4S. The second kappa shape index (κ2) is 6.39. The van der Waals surface area contributed by atoms with Gasteiger partial charge in [0, 0.05) is 12.8 Å². The quantitative estimate of drug-likeness (QED) is 0.757. The third-order valence-electron chi connectivity index (χ3n) is 3.95. The summed E-state index contributed by atoms with van der Waals surface area (Å²) in [6.07, 6.45) is 3.87. The van der Waals surface area contributed by atoms with E-state index in [1.807, 2.05) is 30.3 Å². The van der Waals surface area contributed by atoms with Gasteiger partial charge in [0.05, 0.1) is 5.75 Å². The van der Waals surface area contributed by atoms with Gasteiger partial charge >= 0.3 is 0 Å². The Morgan fingerprint density at radius 3 is 2.35 bits per heavy atom. The van der Waals surface area contributed by atoms with E-state index < -0.39 is 14.8 Å². The molecular weight excluding hydrogens is 276 g/mol. The molecule has 20 heavy (non-hydrogen) atoms. The summed E-state index contributed by atoms with van der Waals surface area (Å²) in [6.45, 7) is 0.283. The molecule has 0 unspecified atom stereocenters. The zero-order chi connectivity index (χ0) is 14.5. The van der Waals surface area contributed by atoms with Gasteiger partial charge in [-0.15, -0.1) is 0 Å². The topological polar surface area (TPSA) is 60.4 Å². The van der Waals surface area contributed by atoms with Gasteiger partial charge in [0.2, 0.25) is 4.93 Å². The number of benzene rings is 1. The largest absolute Gasteiger partial charge is 0.445 e. The molecule has 1 aromatic rings. The van der Waals surface area contributed by atoms with Crippen molar-refractivity contribution in [3.05, 3.63) is 35.9 Å². The number of carbonyl (C=O) groups excluding carboxylic acids is 1. The Kier molecular flexibility index (Phi) is 4.81. The van der Waals surface area contributed by atoms with Gasteiger partial charge in [0.1, 0.15) is 0 Å². The van der Waals surface area contributed by atoms with Crippen LogP contribution in [-0.2, 0) is 25.8 Å². The minimum atomic E-state index is -3.46. The Bertz CT molecular complexity index is 530. The molecule has 0 aliphatic heterocycles. The fourth-order valence-electron chi connectivity index (χ4n) is 2.76. The molecule has 4 nitrogen and oxygen atoms in total. The molecule has 1 saturated carbocycles. The van der Waals surface area contributed by atoms with Crippen molar-refractivity contribution < 1.29 is 17.9 Å². The Balaban J connectivity index is 2.12. The molecule has 1 fully saturated rings. The number of rotatable bonds is 6. The number of hydrogen-bond donors (Lipinski definition) is 0. The second-order valence-electron chi connectivity index (χ2n) is 5.24. The van der Waals surface area contributed by atoms with E-state index in [1.54, 1.807) is 0 Å². The van der Waals surface area contributed by atoms with Crippen molar-refractivity contribution in [1.29, 1.82) is 0 Å². The van der Waals surface area contributed by atoms with Gasteiger partial charge in [-0.05, 0) is 24.8 Å². The van der Waals surface area contributed by atoms with Crippen LogP contribution in [0, 0.1) is 0 Å². The first-order valence-electron chi connectivity index (χ1n) is 6.97. The molecule has 110 valence electrons. The Morgan fingerprint density at radius 2 is 1.75 bits per heavy atom. The first kappa shape index (κ1) is 15.0. The minimum absolute atomic E-state index is 0.0187. The van der Waals surface area contributed by atoms with Gasteiger partial charge in [-0.25, -0.2) is 8.42 Å². The summed E-state index contributed by atoms with van der Waals surface area (Å²) in [4.78, 5) is 9.42. The molecule has 0 radical (unpaired) electrons. The van der Waals surface area contributed by atoms with Crippen molar-refractivity contribution in [3.63, 3.8) is 0 Å². The van der Waals surface area contributed by atoms with Crippen LogP contribution in [-0.4, -0.2) is 25.6 Å². The highest BCUT2D eigenvalue weighted by Gasteiger charge is 2.46. The standard InChI is InChI=1S/C15H20O4S/c16-13-19-15(10-5-2-6-11-15)20(17,18)12-9-14-7-3-1-4-8-14/h1,3-4,7-8,13H,2,5-6,9-12H2. The molecule has 0 bridgehead atoms. The molecule has 1 aromatic carbocycles. The molecule has 0 N–H and O–H groups in total. The maximum Gasteiger partial charge on any atom is 0.294 e. The van der Waals surface area contributed by atoms with Crippen molar-refractivity contribution in [2.75, 3.05) is 5.75 Å². The molecule has 0 heterocycles. The van der Waals surface area contributed by atoms with Crippen molar-refractivity contribution in [2.24, 2.45) is 0 Å². The highest BCUT2D eigenvalue weighted by Crippen LogP contribution is 2.36. The SMILES string of the molecule is O=COC1(S(=O)(=O)CCc2ccccc2)CCCCC1. The van der Waals surface area contributed by atoms with Crippen LogP contribution in [0.1, 0.15) is 37.7 Å². The van der Waals surface area contributed by atoms with E-state index in [0.717, 1.165) is 24.8 Å². The second-order valence-corrected chi connectivity index (χ2v) is 7.62. The monoisotopic (exact) mass is 296 g/mol. The van der Waals surface area contributed by atoms with Crippen LogP contribution in [0.5, 0.6) is 0 Å². The van der Waals surface area contributed by atoms with Gasteiger partial charge in [-0.3, -0.25) is 4.79 Å². The third-order valence-corrected chi connectivity index (χ3v) is 6.33. The lowest BCUT2D eigenvalue weighted by Crippen LogP contribution is -2.44. The van der Waals surface area contributed by atoms with Gasteiger partial charge in [0.15, 0.2) is 9.84 Å². The Hall–Kier alpha value is -1.36. The molecule has 1 aliphatic rings. The fourth-order valence-corrected chi connectivity index (χ4v) is 4.74. The molecule has 1 aliphatic carbocycles. The lowest BCUT2D eigenvalue weighted by atomic mass is 9.97. The average Bonchev–Trinajstić information content (AvgIpc) is 2.47. The fraction of sp³-hybridized carbons (Fsp3) is 0.533. The lowest BCUT2D eigenvalue weighted by molar-refractivity contribution is -0.138. The summed E-state index contributed by atoms with van der Waals surface area (Å²) < 4.78 is 30.2. The molecule has 0 saturated heterocycles. The van der Waals surface area contributed by atoms with Gasteiger partial charge in [-0.1, -0.05) is 36.8 Å². The zero-order valence-corrected chi connectivity index (χ0v) is 12.3. The predicted octanol–water partition coefficient (Wildman–Crippen LogP) is 2.48. The Labute approximate surface area is 120 Å². The number of carbonyl (C=O) groups is 1. The van der Waals surface area contributed by atoms with Crippen LogP contribution in [0.15, 0.2) is 30.3 Å². The van der Waals surface area contributed by atoms with Crippen LogP contribution < -0.4 is 0 Å². The van der Waals surface area contributed by atoms with Crippen molar-refractivity contribution in [2.45, 2.75) is 43.5 Å². The highest BCUT2D eigenvalue weighted by molar-refractivity contribution is 7.92. The van der Waals surface area contributed by atoms with Crippen molar-refractivity contribution in [1.82, 2.24) is 0 Å². The van der Waals surface area contributed by atoms with E-state index in [1.165, 1.54) is 0 Å². The van der Waals surface area contributed by atoms with E-state index in [9.17, 15) is 13.2 Å². The summed E-state index contributed by atoms with van der Waals surface area (Å²) >= 11 is 0. The third kappa shape index (κ3) is 3.20. The molecule has 0 atom stereocenters. The van der Waals surface area contributed by atoms with E-state index in [4.69, 9.17) is 4.74 Å². The summed E-state index contributed by atoms with van der Waals surface area (Å²) in [5.41, 5.74) is 0.980. The smallest absolute Gasteiger partial charge is 0.294 e. The first-order chi connectivity index (χ1) is 9.60. The number of sulfone groups is 1. The summed E-state index contributed by atoms with van der Waals surface area (Å²) in [5.74, 6) is 0.0187. The summed E-state index contributed by atoms with van der Waals surface area (Å²) in [7, 11) is -3.46. The van der Waals surface area contributed by atoms with E-state index in [-0.39, 0.29) is 12.2 Å². The van der Waals surface area contributed by atoms with Gasteiger partial charge in [0.25, 0.3) is 6.47 Å². The minimum Gasteiger partial charge on any atom is -0.445 e. The molecule has 2 rings (SSSR count). The van der Waals surface area contributed by atoms with Crippen molar-refractivity contribution in [3.8, 4) is 0 Å². The predicted molar refractivity (Wildman–Crippen MR) is 76.9 cm³/mol. The molecule has 0 amide bonds. The number of hydrogen-bond acceptors (Lipinski definition) is 4. The number of aryl methyl sites for hydroxylation is 1. The summed E-state index contributed by atoms with van der Waals surface area (Å²) in [5, 5.41) is 0. The first-order valence-corrected chi connectivity index (χ1v) is 8.63. The normalized spacial score (nSPS) is 18.4. The Morgan fingerprint density at radius 1 is 1.10 bits per heavy atom. The summed E-state index contributed by atoms with van der Waals surface area (Å²) in [6, 6.07) is 9.49. The maximum atomic E-state index is 12.6. The van der Waals surface area contributed by atoms with E-state index in [0.29, 0.717) is 19.3 Å². The molecule has 5 heteroatoms. The van der Waals surface area contributed by atoms with Crippen LogP contribution >= 0.6 is 0 Å². The van der Waals surface area contributed by atoms with E-state index in [2.05, 4.69) is 0 Å². The lowest BCUT2D eigenvalue weighted by Gasteiger charge is -2.34. The van der Waals surface area contributed by atoms with Crippen LogP contribution in [0.25, 0.3) is 0 Å². The van der Waals surface area contributed by atoms with Crippen LogP contribution in [0.2, 0.25) is 0 Å². The highest BCUT2D eigenvalue weighted by atomic mass is 32.2. The van der Waals surface area contributed by atoms with Gasteiger partial charge in [-0.2, -0.15) is 0 Å². The zero-order valence-electron chi connectivity index (χ0n) is 11.5. The average molecular weight is 296 g/mol. The molecule has 0 aromatic heterocycles.